The van der Waals surface area contributed by atoms with Gasteiger partial charge in [-0.1, -0.05) is 243 Å². The van der Waals surface area contributed by atoms with Crippen LogP contribution in [-0.2, 0) is 0 Å². The van der Waals surface area contributed by atoms with E-state index < -0.39 is 0 Å². The van der Waals surface area contributed by atoms with Gasteiger partial charge in [-0.2, -0.15) is 0 Å². The number of hydrogen-bond donors (Lipinski definition) is 0. The van der Waals surface area contributed by atoms with Crippen molar-refractivity contribution in [3.63, 3.8) is 0 Å². The van der Waals surface area contributed by atoms with E-state index in [1.165, 1.54) is 43.1 Å². The van der Waals surface area contributed by atoms with Crippen LogP contribution in [-0.4, -0.2) is 19.9 Å². The molecule has 0 N–H and O–H groups in total. The quantitative estimate of drug-likeness (QED) is 0.152. The molecule has 12 aromatic carbocycles. The van der Waals surface area contributed by atoms with E-state index >= 15 is 0 Å². The van der Waals surface area contributed by atoms with Crippen LogP contribution in [0, 0.1) is 0 Å². The number of aromatic nitrogens is 4. The van der Waals surface area contributed by atoms with E-state index in [0.29, 0.717) is 11.6 Å². The Labute approximate surface area is 428 Å². The third kappa shape index (κ3) is 7.83. The van der Waals surface area contributed by atoms with Crippen LogP contribution in [0.15, 0.2) is 267 Å². The van der Waals surface area contributed by atoms with Crippen molar-refractivity contribution in [2.75, 3.05) is 0 Å². The predicted molar refractivity (Wildman–Crippen MR) is 309 cm³/mol. The zero-order valence-corrected chi connectivity index (χ0v) is 40.2. The highest BCUT2D eigenvalue weighted by atomic mass is 14.9. The first-order valence-electron chi connectivity index (χ1n) is 25.1. The molecule has 14 rings (SSSR count). The molecule has 0 aliphatic rings. The minimum Gasteiger partial charge on any atom is -0.228 e. The van der Waals surface area contributed by atoms with Gasteiger partial charge >= 0.3 is 0 Å². The Morgan fingerprint density at radius 3 is 0.932 bits per heavy atom. The van der Waals surface area contributed by atoms with Gasteiger partial charge in [0.15, 0.2) is 11.6 Å². The van der Waals surface area contributed by atoms with Crippen molar-refractivity contribution in [1.82, 2.24) is 19.9 Å². The van der Waals surface area contributed by atoms with E-state index in [2.05, 4.69) is 267 Å². The zero-order valence-electron chi connectivity index (χ0n) is 40.2. The summed E-state index contributed by atoms with van der Waals surface area (Å²) < 4.78 is 0. The minimum absolute atomic E-state index is 0.685. The van der Waals surface area contributed by atoms with Crippen LogP contribution >= 0.6 is 0 Å². The second-order valence-corrected chi connectivity index (χ2v) is 19.0. The summed E-state index contributed by atoms with van der Waals surface area (Å²) in [7, 11) is 0. The van der Waals surface area contributed by atoms with Gasteiger partial charge in [0.1, 0.15) is 0 Å². The fourth-order valence-electron chi connectivity index (χ4n) is 10.7. The van der Waals surface area contributed by atoms with Crippen molar-refractivity contribution in [1.29, 1.82) is 0 Å². The number of nitrogens with zero attached hydrogens (tertiary/aromatic N) is 4. The third-order valence-electron chi connectivity index (χ3n) is 14.5. The number of rotatable bonds is 8. The predicted octanol–water partition coefficient (Wildman–Crippen LogP) is 18.4. The Bertz CT molecular complexity index is 4180. The molecule has 344 valence electrons. The molecule has 0 bridgehead atoms. The second-order valence-electron chi connectivity index (χ2n) is 19.0. The summed E-state index contributed by atoms with van der Waals surface area (Å²) >= 11 is 0. The smallest absolute Gasteiger partial charge is 0.160 e. The van der Waals surface area contributed by atoms with E-state index in [0.717, 1.165) is 89.2 Å². The molecular formula is C70H44N4. The molecular weight excluding hydrogens is 897 g/mol. The van der Waals surface area contributed by atoms with Gasteiger partial charge < -0.3 is 0 Å². The Morgan fingerprint density at radius 1 is 0.176 bits per heavy atom. The van der Waals surface area contributed by atoms with Crippen molar-refractivity contribution in [2.45, 2.75) is 0 Å². The molecule has 0 atom stereocenters. The first kappa shape index (κ1) is 42.9. The van der Waals surface area contributed by atoms with Gasteiger partial charge in [0.2, 0.25) is 0 Å². The summed E-state index contributed by atoms with van der Waals surface area (Å²) in [6.45, 7) is 0. The van der Waals surface area contributed by atoms with Crippen LogP contribution in [0.5, 0.6) is 0 Å². The lowest BCUT2D eigenvalue weighted by molar-refractivity contribution is 1.19. The van der Waals surface area contributed by atoms with Gasteiger partial charge in [-0.25, -0.2) is 19.9 Å². The number of fused-ring (bicyclic) bond motifs is 5. The van der Waals surface area contributed by atoms with Crippen LogP contribution in [0.25, 0.3) is 144 Å². The van der Waals surface area contributed by atoms with Crippen molar-refractivity contribution >= 4 is 53.9 Å². The Balaban J connectivity index is 0.816. The van der Waals surface area contributed by atoms with Gasteiger partial charge in [0.25, 0.3) is 0 Å². The van der Waals surface area contributed by atoms with Gasteiger partial charge in [0, 0.05) is 33.4 Å². The topological polar surface area (TPSA) is 51.6 Å². The Kier molecular flexibility index (Phi) is 10.5. The van der Waals surface area contributed by atoms with Crippen LogP contribution in [0.4, 0.5) is 0 Å². The van der Waals surface area contributed by atoms with Gasteiger partial charge in [-0.3, -0.25) is 0 Å². The van der Waals surface area contributed by atoms with Crippen LogP contribution in [0.3, 0.4) is 0 Å². The third-order valence-corrected chi connectivity index (χ3v) is 14.5. The maximum atomic E-state index is 5.27. The molecule has 4 nitrogen and oxygen atoms in total. The maximum Gasteiger partial charge on any atom is 0.160 e. The highest BCUT2D eigenvalue weighted by molar-refractivity contribution is 6.05. The molecule has 0 fully saturated rings. The van der Waals surface area contributed by atoms with E-state index in [1.807, 2.05) is 0 Å². The fourth-order valence-corrected chi connectivity index (χ4v) is 10.7. The first-order chi connectivity index (χ1) is 36.6. The fraction of sp³-hybridized carbons (Fsp3) is 0. The van der Waals surface area contributed by atoms with Crippen molar-refractivity contribution in [3.8, 4) is 90.1 Å². The Morgan fingerprint density at radius 2 is 0.486 bits per heavy atom. The number of hydrogen-bond acceptors (Lipinski definition) is 4. The summed E-state index contributed by atoms with van der Waals surface area (Å²) in [6.07, 6.45) is 0. The largest absolute Gasteiger partial charge is 0.228 e. The first-order valence-corrected chi connectivity index (χ1v) is 25.1. The minimum atomic E-state index is 0.685. The van der Waals surface area contributed by atoms with Crippen molar-refractivity contribution in [3.05, 3.63) is 267 Å². The molecule has 0 unspecified atom stereocenters. The summed E-state index contributed by atoms with van der Waals surface area (Å²) in [5, 5.41) is 11.8. The lowest BCUT2D eigenvalue weighted by Gasteiger charge is -2.14. The number of benzene rings is 12. The van der Waals surface area contributed by atoms with Crippen LogP contribution in [0.2, 0.25) is 0 Å². The maximum absolute atomic E-state index is 5.27. The second kappa shape index (κ2) is 18.1. The van der Waals surface area contributed by atoms with Crippen LogP contribution in [0.1, 0.15) is 0 Å². The molecule has 14 aromatic rings. The summed E-state index contributed by atoms with van der Waals surface area (Å²) in [5.74, 6) is 1.37. The molecule has 0 radical (unpaired) electrons. The summed E-state index contributed by atoms with van der Waals surface area (Å²) in [5.41, 5.74) is 14.3. The average molecular weight is 941 g/mol. The normalized spacial score (nSPS) is 11.5. The summed E-state index contributed by atoms with van der Waals surface area (Å²) in [4.78, 5) is 21.0. The van der Waals surface area contributed by atoms with Crippen molar-refractivity contribution in [2.24, 2.45) is 0 Å². The standard InChI is InChI=1S/C70H44N4/c1-3-17-53-41-55(39-29-45(53)13-1)65-43-67(63-27-9-19-47-15-5-7-21-59(47)63)73-69(71-65)51-35-31-49(32-36-51)57-23-11-26-62-58(24-12-25-61(57)62)50-33-37-52(38-34-50)70-72-66(56-40-30-46-14-2-4-18-54(46)42-56)44-68(74-70)64-28-10-20-48-16-6-8-22-60(48)64/h1-44H. The van der Waals surface area contributed by atoms with E-state index in [9.17, 15) is 0 Å². The van der Waals surface area contributed by atoms with E-state index in [4.69, 9.17) is 19.9 Å². The summed E-state index contributed by atoms with van der Waals surface area (Å²) in [6, 6.07) is 94.8. The molecule has 0 saturated carbocycles. The highest BCUT2D eigenvalue weighted by Gasteiger charge is 2.17. The van der Waals surface area contributed by atoms with Gasteiger partial charge in [-0.15, -0.1) is 0 Å². The highest BCUT2D eigenvalue weighted by Crippen LogP contribution is 2.39. The average Bonchev–Trinajstić information content (AvgIpc) is 3.48. The molecule has 0 aliphatic heterocycles. The van der Waals surface area contributed by atoms with Crippen molar-refractivity contribution < 1.29 is 0 Å². The SMILES string of the molecule is c1ccc2cc(-c3cc(-c4cccc5ccccc45)nc(-c4ccc(-c5cccc6c(-c7ccc(-c8nc(-c9ccc%10ccccc%10c9)cc(-c9cccc%10ccccc9%10)n8)cc7)cccc56)cc4)n3)ccc2c1. The molecule has 0 amide bonds. The van der Waals surface area contributed by atoms with E-state index in [1.54, 1.807) is 0 Å². The lowest BCUT2D eigenvalue weighted by Crippen LogP contribution is -1.97. The van der Waals surface area contributed by atoms with Gasteiger partial charge in [-0.05, 0) is 100 Å². The molecule has 4 heteroatoms. The molecule has 0 spiro atoms. The Hall–Kier alpha value is -9.90. The van der Waals surface area contributed by atoms with Crippen LogP contribution < -0.4 is 0 Å². The molecule has 2 heterocycles. The lowest BCUT2D eigenvalue weighted by atomic mass is 9.92. The van der Waals surface area contributed by atoms with E-state index in [-0.39, 0.29) is 0 Å². The molecule has 0 aliphatic carbocycles. The monoisotopic (exact) mass is 940 g/mol. The zero-order chi connectivity index (χ0) is 49.0. The molecule has 2 aromatic heterocycles. The molecule has 0 saturated heterocycles. The molecule has 74 heavy (non-hydrogen) atoms. The van der Waals surface area contributed by atoms with Gasteiger partial charge in [0.05, 0.1) is 22.8 Å².